The Bertz CT molecular complexity index is 1680. The summed E-state index contributed by atoms with van der Waals surface area (Å²) in [6.45, 7) is 0.587. The first-order valence-corrected chi connectivity index (χ1v) is 14.4. The van der Waals surface area contributed by atoms with Crippen LogP contribution in [0.3, 0.4) is 0 Å². The lowest BCUT2D eigenvalue weighted by molar-refractivity contribution is -0.137. The third-order valence-corrected chi connectivity index (χ3v) is 6.99. The van der Waals surface area contributed by atoms with Gasteiger partial charge < -0.3 is 14.2 Å². The molecule has 0 atom stereocenters. The molecule has 232 valence electrons. The number of carboxylic acid groups (broad SMARTS) is 1. The Morgan fingerprint density at radius 2 is 1.00 bits per heavy atom. The number of rotatable bonds is 12. The number of aromatic nitrogens is 4. The van der Waals surface area contributed by atoms with Crippen LogP contribution < -0.4 is 22.5 Å². The van der Waals surface area contributed by atoms with Crippen molar-refractivity contribution in [3.05, 3.63) is 137 Å². The lowest BCUT2D eigenvalue weighted by Gasteiger charge is -2.09. The second-order valence-corrected chi connectivity index (χ2v) is 10.7. The second-order valence-electron chi connectivity index (χ2n) is 10.7. The molecule has 11 nitrogen and oxygen atoms in total. The van der Waals surface area contributed by atoms with E-state index in [-0.39, 0.29) is 17.9 Å². The third kappa shape index (κ3) is 9.48. The molecule has 2 aromatic carbocycles. The van der Waals surface area contributed by atoms with E-state index in [4.69, 9.17) is 5.11 Å². The molecule has 0 fully saturated rings. The number of carboxylic acids is 1. The number of aryl methyl sites for hydroxylation is 6. The van der Waals surface area contributed by atoms with Gasteiger partial charge >= 0.3 is 17.3 Å². The molecule has 2 aromatic heterocycles. The molecule has 0 aliphatic heterocycles. The number of benzene rings is 2. The molecule has 0 aliphatic rings. The van der Waals surface area contributed by atoms with Crippen molar-refractivity contribution >= 4 is 11.8 Å². The largest absolute Gasteiger partial charge is 0.480 e. The van der Waals surface area contributed by atoms with Gasteiger partial charge in [0.1, 0.15) is 12.3 Å². The minimum Gasteiger partial charge on any atom is -0.480 e. The monoisotopic (exact) mass is 602 g/mol. The fourth-order valence-corrected chi connectivity index (χ4v) is 4.82. The van der Waals surface area contributed by atoms with Crippen molar-refractivity contribution in [1.29, 1.82) is 0 Å². The van der Waals surface area contributed by atoms with Gasteiger partial charge in [-0.2, -0.15) is 0 Å². The lowest BCUT2D eigenvalue weighted by Crippen LogP contribution is -2.42. The van der Waals surface area contributed by atoms with E-state index in [1.807, 2.05) is 48.5 Å². The van der Waals surface area contributed by atoms with Crippen LogP contribution in [0.1, 0.15) is 42.0 Å². The molecule has 1 N–H and O–H groups in total. The zero-order chi connectivity index (χ0) is 32.2. The Balaban J connectivity index is 0.000000240. The fourth-order valence-electron chi connectivity index (χ4n) is 4.82. The van der Waals surface area contributed by atoms with Crippen molar-refractivity contribution in [2.75, 3.05) is 0 Å². The average molecular weight is 603 g/mol. The van der Waals surface area contributed by atoms with Crippen LogP contribution in [0.2, 0.25) is 0 Å². The number of hydrogen-bond acceptors (Lipinski definition) is 6. The molecule has 0 unspecified atom stereocenters. The quantitative estimate of drug-likeness (QED) is 0.262. The van der Waals surface area contributed by atoms with Crippen LogP contribution in [-0.2, 0) is 62.5 Å². The van der Waals surface area contributed by atoms with Crippen LogP contribution in [0.5, 0.6) is 0 Å². The smallest absolute Gasteiger partial charge is 0.331 e. The van der Waals surface area contributed by atoms with E-state index in [1.54, 1.807) is 13.2 Å². The van der Waals surface area contributed by atoms with Crippen LogP contribution in [0, 0.1) is 0 Å². The Kier molecular flexibility index (Phi) is 12.1. The van der Waals surface area contributed by atoms with Crippen LogP contribution in [0.4, 0.5) is 0 Å². The summed E-state index contributed by atoms with van der Waals surface area (Å²) in [6, 6.07) is 19.9. The second kappa shape index (κ2) is 16.0. The van der Waals surface area contributed by atoms with Gasteiger partial charge in [-0.25, -0.2) is 14.2 Å². The standard InChI is InChI=1S/C17H20N2O3.C16H18N2O4/c1-13(20)11-19-16(21)15(12-18(2)17(19)22)10-6-9-14-7-4-3-5-8-14;1-17-10-13(9-5-8-12-6-3-2-4-7-12)15(21)18(16(17)22)11-14(19)20/h3-5,7-8,12H,6,9-11H2,1-2H3;2-4,6-7,10H,5,8-9,11H2,1H3,(H,19,20). The van der Waals surface area contributed by atoms with E-state index in [9.17, 15) is 28.8 Å². The molecule has 44 heavy (non-hydrogen) atoms. The van der Waals surface area contributed by atoms with Gasteiger partial charge in [0, 0.05) is 37.6 Å². The first-order chi connectivity index (χ1) is 21.0. The SMILES string of the molecule is CC(=O)Cn1c(=O)c(CCCc2ccccc2)cn(C)c1=O.Cn1cc(CCCc2ccccc2)c(=O)n(CC(=O)O)c1=O. The number of aliphatic carboxylic acids is 1. The zero-order valence-electron chi connectivity index (χ0n) is 25.3. The molecule has 0 aliphatic carbocycles. The van der Waals surface area contributed by atoms with Gasteiger partial charge in [-0.1, -0.05) is 60.7 Å². The summed E-state index contributed by atoms with van der Waals surface area (Å²) in [5, 5.41) is 8.81. The topological polar surface area (TPSA) is 142 Å². The summed E-state index contributed by atoms with van der Waals surface area (Å²) in [7, 11) is 3.11. The molecule has 4 aromatic rings. The van der Waals surface area contributed by atoms with Gasteiger partial charge in [-0.3, -0.25) is 23.7 Å². The normalized spacial score (nSPS) is 10.6. The Morgan fingerprint density at radius 1 is 0.614 bits per heavy atom. The van der Waals surface area contributed by atoms with Gasteiger partial charge in [0.2, 0.25) is 0 Å². The number of Topliss-reactive ketones (excluding diaryl/α,β-unsaturated/α-hetero) is 1. The molecule has 0 saturated carbocycles. The Morgan fingerprint density at radius 3 is 1.36 bits per heavy atom. The Hall–Kier alpha value is -5.06. The zero-order valence-corrected chi connectivity index (χ0v) is 25.3. The van der Waals surface area contributed by atoms with Crippen LogP contribution >= 0.6 is 0 Å². The maximum Gasteiger partial charge on any atom is 0.331 e. The fraction of sp³-hybridized carbons (Fsp3) is 0.333. The number of ketones is 1. The summed E-state index contributed by atoms with van der Waals surface area (Å²) >= 11 is 0. The predicted octanol–water partition coefficient (Wildman–Crippen LogP) is 2.12. The van der Waals surface area contributed by atoms with Gasteiger partial charge in [-0.15, -0.1) is 0 Å². The molecule has 2 heterocycles. The highest BCUT2D eigenvalue weighted by Gasteiger charge is 2.13. The summed E-state index contributed by atoms with van der Waals surface area (Å²) in [4.78, 5) is 70.3. The molecule has 0 saturated heterocycles. The minimum absolute atomic E-state index is 0.169. The van der Waals surface area contributed by atoms with Crippen LogP contribution in [-0.4, -0.2) is 35.1 Å². The van der Waals surface area contributed by atoms with E-state index in [0.717, 1.165) is 34.8 Å². The average Bonchev–Trinajstić information content (AvgIpc) is 3.00. The summed E-state index contributed by atoms with van der Waals surface area (Å²) in [5.74, 6) is -1.42. The van der Waals surface area contributed by atoms with Crippen molar-refractivity contribution in [2.45, 2.75) is 58.5 Å². The first-order valence-electron chi connectivity index (χ1n) is 14.4. The van der Waals surface area contributed by atoms with Gasteiger partial charge in [0.05, 0.1) is 6.54 Å². The lowest BCUT2D eigenvalue weighted by atomic mass is 10.1. The minimum atomic E-state index is -1.21. The van der Waals surface area contributed by atoms with Crippen molar-refractivity contribution in [3.8, 4) is 0 Å². The third-order valence-electron chi connectivity index (χ3n) is 6.99. The van der Waals surface area contributed by atoms with E-state index in [0.29, 0.717) is 24.0 Å². The number of carbonyl (C=O) groups excluding carboxylic acids is 1. The van der Waals surface area contributed by atoms with E-state index in [2.05, 4.69) is 12.1 Å². The van der Waals surface area contributed by atoms with Crippen molar-refractivity contribution < 1.29 is 14.7 Å². The molecule has 4 rings (SSSR count). The first kappa shape index (κ1) is 33.4. The number of nitrogens with zero attached hydrogens (tertiary/aromatic N) is 4. The number of hydrogen-bond donors (Lipinski definition) is 1. The molecule has 0 bridgehead atoms. The van der Waals surface area contributed by atoms with Gasteiger partial charge in [0.15, 0.2) is 0 Å². The molecule has 11 heteroatoms. The Labute approximate surface area is 254 Å². The molecule has 0 spiro atoms. The molecule has 0 radical (unpaired) electrons. The van der Waals surface area contributed by atoms with Crippen LogP contribution in [0.25, 0.3) is 0 Å². The molecular formula is C33H38N4O7. The summed E-state index contributed by atoms with van der Waals surface area (Å²) in [6.07, 6.45) is 7.42. The van der Waals surface area contributed by atoms with Crippen molar-refractivity contribution in [3.63, 3.8) is 0 Å². The van der Waals surface area contributed by atoms with E-state index in [1.165, 1.54) is 40.4 Å². The maximum absolute atomic E-state index is 12.3. The van der Waals surface area contributed by atoms with Crippen LogP contribution in [0.15, 0.2) is 92.2 Å². The summed E-state index contributed by atoms with van der Waals surface area (Å²) < 4.78 is 4.39. The van der Waals surface area contributed by atoms with Gasteiger partial charge in [0.25, 0.3) is 11.1 Å². The maximum atomic E-state index is 12.3. The van der Waals surface area contributed by atoms with Gasteiger partial charge in [-0.05, 0) is 56.6 Å². The highest BCUT2D eigenvalue weighted by Crippen LogP contribution is 2.06. The summed E-state index contributed by atoms with van der Waals surface area (Å²) in [5.41, 5.74) is 1.49. The van der Waals surface area contributed by atoms with E-state index < -0.39 is 29.5 Å². The highest BCUT2D eigenvalue weighted by atomic mass is 16.4. The van der Waals surface area contributed by atoms with E-state index >= 15 is 0 Å². The molecule has 0 amide bonds. The predicted molar refractivity (Wildman–Crippen MR) is 167 cm³/mol. The molecular weight excluding hydrogens is 564 g/mol. The highest BCUT2D eigenvalue weighted by molar-refractivity contribution is 5.75. The van der Waals surface area contributed by atoms with Crippen molar-refractivity contribution in [2.24, 2.45) is 14.1 Å². The number of carbonyl (C=O) groups is 2. The van der Waals surface area contributed by atoms with Crippen molar-refractivity contribution in [1.82, 2.24) is 18.3 Å².